The van der Waals surface area contributed by atoms with Crippen LogP contribution in [0.25, 0.3) is 0 Å². The zero-order valence-corrected chi connectivity index (χ0v) is 11.9. The van der Waals surface area contributed by atoms with Crippen LogP contribution in [-0.2, 0) is 14.8 Å². The van der Waals surface area contributed by atoms with Crippen molar-refractivity contribution in [1.82, 2.24) is 0 Å². The highest BCUT2D eigenvalue weighted by Gasteiger charge is 2.23. The average molecular weight is 300 g/mol. The molecule has 0 bridgehead atoms. The minimum Gasteiger partial charge on any atom is -0.481 e. The Morgan fingerprint density at radius 1 is 1.30 bits per heavy atom. The normalized spacial score (nSPS) is 12.7. The number of carboxylic acid groups (broad SMARTS) is 1. The lowest BCUT2D eigenvalue weighted by molar-refractivity contribution is -0.140. The molecule has 0 saturated heterocycles. The first-order chi connectivity index (χ1) is 9.12. The predicted molar refractivity (Wildman–Crippen MR) is 73.9 cm³/mol. The summed E-state index contributed by atoms with van der Waals surface area (Å²) in [4.78, 5) is 21.8. The topological polar surface area (TPSA) is 118 Å². The van der Waals surface area contributed by atoms with E-state index in [-0.39, 0.29) is 17.8 Å². The Bertz CT molecular complexity index is 609. The molecule has 0 aliphatic carbocycles. The van der Waals surface area contributed by atoms with E-state index in [9.17, 15) is 18.0 Å². The van der Waals surface area contributed by atoms with Gasteiger partial charge in [0, 0.05) is 12.1 Å². The molecule has 0 spiro atoms. The van der Waals surface area contributed by atoms with Gasteiger partial charge < -0.3 is 10.8 Å². The number of nitrogens with two attached hydrogens (primary N) is 1. The van der Waals surface area contributed by atoms with Crippen LogP contribution in [0.4, 0.5) is 5.69 Å². The summed E-state index contributed by atoms with van der Waals surface area (Å²) in [5.74, 6) is -2.57. The van der Waals surface area contributed by atoms with Gasteiger partial charge in [-0.15, -0.1) is 0 Å². The number of sulfonamides is 1. The number of hydrogen-bond donors (Lipinski definition) is 2. The van der Waals surface area contributed by atoms with E-state index in [0.717, 1.165) is 10.6 Å². The van der Waals surface area contributed by atoms with Crippen molar-refractivity contribution in [3.63, 3.8) is 0 Å². The van der Waals surface area contributed by atoms with Crippen LogP contribution in [0.15, 0.2) is 24.3 Å². The van der Waals surface area contributed by atoms with Crippen molar-refractivity contribution < 1.29 is 23.1 Å². The summed E-state index contributed by atoms with van der Waals surface area (Å²) < 4.78 is 24.5. The lowest BCUT2D eigenvalue weighted by Gasteiger charge is -2.24. The summed E-state index contributed by atoms with van der Waals surface area (Å²) in [7, 11) is -3.63. The maximum atomic E-state index is 11.8. The highest BCUT2D eigenvalue weighted by atomic mass is 32.2. The Morgan fingerprint density at radius 3 is 2.15 bits per heavy atom. The molecule has 1 aromatic carbocycles. The highest BCUT2D eigenvalue weighted by Crippen LogP contribution is 2.20. The number of carboxylic acids is 1. The van der Waals surface area contributed by atoms with Gasteiger partial charge in [-0.1, -0.05) is 6.92 Å². The van der Waals surface area contributed by atoms with Crippen molar-refractivity contribution in [1.29, 1.82) is 0 Å². The third-order valence-corrected chi connectivity index (χ3v) is 3.86. The number of aliphatic carboxylic acids is 1. The summed E-state index contributed by atoms with van der Waals surface area (Å²) in [5.41, 5.74) is 5.62. The van der Waals surface area contributed by atoms with E-state index in [1.165, 1.54) is 31.2 Å². The largest absolute Gasteiger partial charge is 0.481 e. The highest BCUT2D eigenvalue weighted by molar-refractivity contribution is 7.92. The Morgan fingerprint density at radius 2 is 1.80 bits per heavy atom. The summed E-state index contributed by atoms with van der Waals surface area (Å²) in [5, 5.41) is 8.88. The molecule has 1 amide bonds. The van der Waals surface area contributed by atoms with Crippen molar-refractivity contribution in [2.24, 2.45) is 11.7 Å². The van der Waals surface area contributed by atoms with Gasteiger partial charge >= 0.3 is 5.97 Å². The number of primary amides is 1. The molecule has 0 radical (unpaired) electrons. The van der Waals surface area contributed by atoms with Crippen LogP contribution in [-0.4, -0.2) is 38.2 Å². The van der Waals surface area contributed by atoms with Crippen LogP contribution in [0.1, 0.15) is 17.3 Å². The molecule has 0 aliphatic rings. The first-order valence-corrected chi connectivity index (χ1v) is 7.58. The lowest BCUT2D eigenvalue weighted by atomic mass is 10.1. The van der Waals surface area contributed by atoms with Gasteiger partial charge in [-0.3, -0.25) is 13.9 Å². The van der Waals surface area contributed by atoms with Crippen LogP contribution in [0.3, 0.4) is 0 Å². The molecule has 1 atom stereocenters. The molecule has 1 rings (SSSR count). The van der Waals surface area contributed by atoms with Crippen LogP contribution in [0, 0.1) is 5.92 Å². The fourth-order valence-electron chi connectivity index (χ4n) is 1.55. The molecule has 8 heteroatoms. The molecule has 0 aromatic heterocycles. The maximum absolute atomic E-state index is 11.8. The summed E-state index contributed by atoms with van der Waals surface area (Å²) >= 11 is 0. The molecule has 0 fully saturated rings. The van der Waals surface area contributed by atoms with Crippen LogP contribution in [0.5, 0.6) is 0 Å². The number of carbonyl (C=O) groups is 2. The molecule has 0 heterocycles. The first-order valence-electron chi connectivity index (χ1n) is 5.73. The Kier molecular flexibility index (Phi) is 4.72. The van der Waals surface area contributed by atoms with Gasteiger partial charge in [0.1, 0.15) is 0 Å². The van der Waals surface area contributed by atoms with Crippen molar-refractivity contribution in [3.8, 4) is 0 Å². The molecule has 3 N–H and O–H groups in total. The van der Waals surface area contributed by atoms with Gasteiger partial charge in [-0.25, -0.2) is 8.42 Å². The number of anilines is 1. The fraction of sp³-hybridized carbons (Fsp3) is 0.333. The number of benzene rings is 1. The van der Waals surface area contributed by atoms with E-state index in [4.69, 9.17) is 10.8 Å². The second-order valence-corrected chi connectivity index (χ2v) is 6.35. The number of amides is 1. The Hall–Kier alpha value is -2.09. The quantitative estimate of drug-likeness (QED) is 0.782. The smallest absolute Gasteiger partial charge is 0.308 e. The van der Waals surface area contributed by atoms with Gasteiger partial charge in [0.15, 0.2) is 0 Å². The average Bonchev–Trinajstić information content (AvgIpc) is 2.34. The minimum absolute atomic E-state index is 0.190. The monoisotopic (exact) mass is 300 g/mol. The standard InChI is InChI=1S/C12H16N2O5S/c1-8(12(16)17)7-14(20(2,18)19)10-5-3-9(4-6-10)11(13)15/h3-6,8H,7H2,1-2H3,(H2,13,15)(H,16,17). The van der Waals surface area contributed by atoms with Crippen molar-refractivity contribution in [3.05, 3.63) is 29.8 Å². The predicted octanol–water partition coefficient (Wildman–Crippen LogP) is 0.272. The molecule has 0 saturated carbocycles. The molecule has 1 unspecified atom stereocenters. The zero-order valence-electron chi connectivity index (χ0n) is 11.1. The first kappa shape index (κ1) is 16.0. The summed E-state index contributed by atoms with van der Waals surface area (Å²) in [6.45, 7) is 1.22. The van der Waals surface area contributed by atoms with Crippen LogP contribution in [0.2, 0.25) is 0 Å². The van der Waals surface area contributed by atoms with Crippen LogP contribution >= 0.6 is 0 Å². The van der Waals surface area contributed by atoms with Gasteiger partial charge in [-0.05, 0) is 24.3 Å². The fourth-order valence-corrected chi connectivity index (χ4v) is 2.55. The lowest BCUT2D eigenvalue weighted by Crippen LogP contribution is -2.36. The molecule has 0 aliphatic heterocycles. The van der Waals surface area contributed by atoms with Gasteiger partial charge in [-0.2, -0.15) is 0 Å². The van der Waals surface area contributed by atoms with E-state index in [1.54, 1.807) is 0 Å². The summed E-state index contributed by atoms with van der Waals surface area (Å²) in [6.07, 6.45) is 0.990. The SMILES string of the molecule is CC(CN(c1ccc(C(N)=O)cc1)S(C)(=O)=O)C(=O)O. The van der Waals surface area contributed by atoms with Gasteiger partial charge in [0.25, 0.3) is 0 Å². The molecular weight excluding hydrogens is 284 g/mol. The molecule has 110 valence electrons. The van der Waals surface area contributed by atoms with Crippen molar-refractivity contribution >= 4 is 27.6 Å². The number of nitrogens with zero attached hydrogens (tertiary/aromatic N) is 1. The molecular formula is C12H16N2O5S. The van der Waals surface area contributed by atoms with E-state index in [1.807, 2.05) is 0 Å². The van der Waals surface area contributed by atoms with E-state index >= 15 is 0 Å². The number of rotatable bonds is 6. The van der Waals surface area contributed by atoms with Gasteiger partial charge in [0.2, 0.25) is 15.9 Å². The Balaban J connectivity index is 3.12. The second-order valence-electron chi connectivity index (χ2n) is 4.44. The van der Waals surface area contributed by atoms with E-state index < -0.39 is 27.8 Å². The number of hydrogen-bond acceptors (Lipinski definition) is 4. The summed E-state index contributed by atoms with van der Waals surface area (Å²) in [6, 6.07) is 5.61. The molecule has 1 aromatic rings. The van der Waals surface area contributed by atoms with Gasteiger partial charge in [0.05, 0.1) is 17.9 Å². The molecule has 7 nitrogen and oxygen atoms in total. The van der Waals surface area contributed by atoms with Crippen LogP contribution < -0.4 is 10.0 Å². The second kappa shape index (κ2) is 5.91. The van der Waals surface area contributed by atoms with E-state index in [0.29, 0.717) is 0 Å². The third-order valence-electron chi connectivity index (χ3n) is 2.70. The van der Waals surface area contributed by atoms with Crippen molar-refractivity contribution in [2.75, 3.05) is 17.1 Å². The van der Waals surface area contributed by atoms with Crippen molar-refractivity contribution in [2.45, 2.75) is 6.92 Å². The minimum atomic E-state index is -3.63. The van der Waals surface area contributed by atoms with E-state index in [2.05, 4.69) is 0 Å². The Labute approximate surface area is 117 Å². The third kappa shape index (κ3) is 3.95. The zero-order chi connectivity index (χ0) is 15.5. The maximum Gasteiger partial charge on any atom is 0.308 e. The number of carbonyl (C=O) groups excluding carboxylic acids is 1. The molecule has 20 heavy (non-hydrogen) atoms.